The van der Waals surface area contributed by atoms with Crippen LogP contribution in [0.25, 0.3) is 0 Å². The Labute approximate surface area is 199 Å². The predicted octanol–water partition coefficient (Wildman–Crippen LogP) is 4.13. The lowest BCUT2D eigenvalue weighted by Crippen LogP contribution is -2.43. The topological polar surface area (TPSA) is 83.5 Å². The summed E-state index contributed by atoms with van der Waals surface area (Å²) < 4.78 is 16.9. The second-order valence-electron chi connectivity index (χ2n) is 10.2. The van der Waals surface area contributed by atoms with Gasteiger partial charge in [-0.1, -0.05) is 20.8 Å². The number of hydrogen-bond donors (Lipinski definition) is 0. The molecule has 8 heteroatoms. The molecule has 0 amide bonds. The minimum atomic E-state index is -1.06. The van der Waals surface area contributed by atoms with Gasteiger partial charge in [-0.3, -0.25) is 0 Å². The van der Waals surface area contributed by atoms with Crippen molar-refractivity contribution in [2.45, 2.75) is 98.4 Å². The Balaban J connectivity index is 3.07. The third-order valence-electron chi connectivity index (χ3n) is 6.29. The highest BCUT2D eigenvalue weighted by molar-refractivity contribution is 5.89. The van der Waals surface area contributed by atoms with Crippen LogP contribution in [-0.4, -0.2) is 68.5 Å². The largest absolute Gasteiger partial charge is 0.456 e. The second kappa shape index (κ2) is 12.8. The summed E-state index contributed by atoms with van der Waals surface area (Å²) in [5, 5.41) is 0. The molecule has 0 radical (unpaired) electrons. The van der Waals surface area contributed by atoms with Crippen LogP contribution in [0.3, 0.4) is 0 Å². The van der Waals surface area contributed by atoms with Crippen LogP contribution in [0.1, 0.15) is 68.2 Å². The van der Waals surface area contributed by atoms with E-state index in [-0.39, 0.29) is 36.0 Å². The monoisotopic (exact) mass is 471 g/mol. The fourth-order valence-electron chi connectivity index (χ4n) is 4.31. The fraction of sp³-hybridized carbons (Fsp3) is 0.840. The Morgan fingerprint density at radius 2 is 1.64 bits per heavy atom. The van der Waals surface area contributed by atoms with Gasteiger partial charge in [0.1, 0.15) is 18.1 Å². The number of rotatable bonds is 14. The first kappa shape index (κ1) is 29.6. The molecular weight excluding hydrogens is 426 g/mol. The molecule has 1 heterocycles. The molecular formula is C25H45NO7. The van der Waals surface area contributed by atoms with E-state index in [0.717, 1.165) is 6.29 Å². The lowest BCUT2D eigenvalue weighted by molar-refractivity contribution is -0.366. The number of hydrogen-bond acceptors (Lipinski definition) is 8. The van der Waals surface area contributed by atoms with Crippen LogP contribution in [0.15, 0.2) is 11.3 Å². The van der Waals surface area contributed by atoms with Crippen molar-refractivity contribution >= 4 is 12.3 Å². The van der Waals surface area contributed by atoms with Gasteiger partial charge in [0.2, 0.25) is 5.79 Å². The van der Waals surface area contributed by atoms with Gasteiger partial charge in [0, 0.05) is 38.8 Å². The van der Waals surface area contributed by atoms with Crippen molar-refractivity contribution in [2.75, 3.05) is 21.2 Å². The molecule has 0 aromatic rings. The van der Waals surface area contributed by atoms with Crippen molar-refractivity contribution < 1.29 is 33.6 Å². The molecule has 7 atom stereocenters. The summed E-state index contributed by atoms with van der Waals surface area (Å²) in [7, 11) is 5.72. The number of carbonyl (C=O) groups excluding carboxylic acids is 2. The Bertz CT molecular complexity index is 676. The first-order valence-corrected chi connectivity index (χ1v) is 11.8. The number of aldehydes is 1. The molecule has 0 spiro atoms. The Morgan fingerprint density at radius 3 is 2.15 bits per heavy atom. The van der Waals surface area contributed by atoms with E-state index in [9.17, 15) is 9.59 Å². The zero-order chi connectivity index (χ0) is 25.5. The molecule has 0 fully saturated rings. The molecule has 8 nitrogen and oxygen atoms in total. The number of nitrogens with zero attached hydrogens (tertiary/aromatic N) is 1. The highest BCUT2D eigenvalue weighted by Crippen LogP contribution is 2.36. The Hall–Kier alpha value is -1.48. The van der Waals surface area contributed by atoms with E-state index in [1.54, 1.807) is 27.9 Å². The molecule has 1 aliphatic heterocycles. The van der Waals surface area contributed by atoms with Gasteiger partial charge in [0.25, 0.3) is 0 Å². The van der Waals surface area contributed by atoms with E-state index in [1.807, 2.05) is 48.7 Å². The molecule has 0 aliphatic carbocycles. The molecule has 0 aromatic heterocycles. The first-order chi connectivity index (χ1) is 15.2. The summed E-state index contributed by atoms with van der Waals surface area (Å²) >= 11 is 0. The average Bonchev–Trinajstić information content (AvgIpc) is 2.73. The van der Waals surface area contributed by atoms with E-state index in [4.69, 9.17) is 24.0 Å². The van der Waals surface area contributed by atoms with Gasteiger partial charge in [0.15, 0.2) is 0 Å². The van der Waals surface area contributed by atoms with Gasteiger partial charge in [-0.05, 0) is 53.6 Å². The summed E-state index contributed by atoms with van der Waals surface area (Å²) in [6.45, 7) is 14.9. The molecule has 192 valence electrons. The SMILES string of the molecule is CO[C@@H](C)C(C[C@@H](C)OO[C@@H]([C@@H](C)C[C@@H](C)C=O)[C@@H](C)C1=C(C)C(=O)OC(C)(C)O1)N(C)C. The zero-order valence-electron chi connectivity index (χ0n) is 22.3. The number of cyclic esters (lactones) is 1. The Morgan fingerprint density at radius 1 is 1.03 bits per heavy atom. The van der Waals surface area contributed by atoms with Crippen molar-refractivity contribution in [2.24, 2.45) is 17.8 Å². The maximum Gasteiger partial charge on any atom is 0.340 e. The fourth-order valence-corrected chi connectivity index (χ4v) is 4.31. The van der Waals surface area contributed by atoms with Gasteiger partial charge in [-0.2, -0.15) is 0 Å². The van der Waals surface area contributed by atoms with Crippen LogP contribution in [0.2, 0.25) is 0 Å². The third-order valence-corrected chi connectivity index (χ3v) is 6.29. The molecule has 1 unspecified atom stereocenters. The molecule has 33 heavy (non-hydrogen) atoms. The number of esters is 1. The van der Waals surface area contributed by atoms with Crippen molar-refractivity contribution in [3.8, 4) is 0 Å². The summed E-state index contributed by atoms with van der Waals surface area (Å²) in [5.41, 5.74) is 0.417. The molecule has 0 saturated heterocycles. The van der Waals surface area contributed by atoms with Crippen molar-refractivity contribution in [3.05, 3.63) is 11.3 Å². The number of likely N-dealkylation sites (N-methyl/N-ethyl adjacent to an activating group) is 1. The van der Waals surface area contributed by atoms with Gasteiger partial charge >= 0.3 is 5.97 Å². The maximum atomic E-state index is 12.4. The van der Waals surface area contributed by atoms with Crippen LogP contribution in [0.4, 0.5) is 0 Å². The number of ether oxygens (including phenoxy) is 3. The van der Waals surface area contributed by atoms with Crippen LogP contribution in [0, 0.1) is 17.8 Å². The van der Waals surface area contributed by atoms with Crippen molar-refractivity contribution in [1.29, 1.82) is 0 Å². The molecule has 0 N–H and O–H groups in total. The normalized spacial score (nSPS) is 22.6. The van der Waals surface area contributed by atoms with Gasteiger partial charge in [-0.25, -0.2) is 14.6 Å². The third kappa shape index (κ3) is 8.67. The maximum absolute atomic E-state index is 12.4. The van der Waals surface area contributed by atoms with Crippen LogP contribution in [0.5, 0.6) is 0 Å². The standard InChI is InChI=1S/C25H45NO7/c1-15(14-27)12-16(2)22(18(4)23-19(5)24(28)31-25(7,8)30-23)33-32-17(3)13-21(26(9)10)20(6)29-11/h14-18,20-22H,12-13H2,1-11H3/t15-,16+,17-,18-,20+,21?,22+/m1/s1. The number of carbonyl (C=O) groups is 2. The van der Waals surface area contributed by atoms with E-state index < -0.39 is 17.9 Å². The second-order valence-corrected chi connectivity index (χ2v) is 10.2. The Kier molecular flexibility index (Phi) is 11.5. The summed E-state index contributed by atoms with van der Waals surface area (Å²) in [6.07, 6.45) is 1.67. The summed E-state index contributed by atoms with van der Waals surface area (Å²) in [5.74, 6) is -1.38. The number of methoxy groups -OCH3 is 1. The summed E-state index contributed by atoms with van der Waals surface area (Å²) in [4.78, 5) is 37.7. The molecule has 1 rings (SSSR count). The van der Waals surface area contributed by atoms with Gasteiger partial charge in [-0.15, -0.1) is 0 Å². The summed E-state index contributed by atoms with van der Waals surface area (Å²) in [6, 6.07) is 0.152. The quantitative estimate of drug-likeness (QED) is 0.162. The van der Waals surface area contributed by atoms with Gasteiger partial charge < -0.3 is 23.9 Å². The predicted molar refractivity (Wildman–Crippen MR) is 126 cm³/mol. The highest BCUT2D eigenvalue weighted by Gasteiger charge is 2.40. The first-order valence-electron chi connectivity index (χ1n) is 11.8. The average molecular weight is 472 g/mol. The van der Waals surface area contributed by atoms with Crippen LogP contribution >= 0.6 is 0 Å². The van der Waals surface area contributed by atoms with Crippen molar-refractivity contribution in [1.82, 2.24) is 4.90 Å². The lowest BCUT2D eigenvalue weighted by atomic mass is 9.85. The molecule has 0 saturated carbocycles. The lowest BCUT2D eigenvalue weighted by Gasteiger charge is -2.38. The molecule has 0 bridgehead atoms. The van der Waals surface area contributed by atoms with Gasteiger partial charge in [0.05, 0.1) is 17.8 Å². The molecule has 0 aromatic carbocycles. The highest BCUT2D eigenvalue weighted by atomic mass is 17.2. The minimum Gasteiger partial charge on any atom is -0.456 e. The molecule has 1 aliphatic rings. The zero-order valence-corrected chi connectivity index (χ0v) is 22.3. The van der Waals surface area contributed by atoms with E-state index in [0.29, 0.717) is 24.2 Å². The smallest absolute Gasteiger partial charge is 0.340 e. The van der Waals surface area contributed by atoms with Crippen LogP contribution < -0.4 is 0 Å². The van der Waals surface area contributed by atoms with E-state index in [1.165, 1.54) is 0 Å². The van der Waals surface area contributed by atoms with E-state index in [2.05, 4.69) is 4.90 Å². The minimum absolute atomic E-state index is 0.0279. The van der Waals surface area contributed by atoms with Crippen molar-refractivity contribution in [3.63, 3.8) is 0 Å². The van der Waals surface area contributed by atoms with E-state index >= 15 is 0 Å². The van der Waals surface area contributed by atoms with Crippen LogP contribution in [-0.2, 0) is 33.6 Å².